The van der Waals surface area contributed by atoms with Gasteiger partial charge in [-0.2, -0.15) is 0 Å². The molecule has 24 heavy (non-hydrogen) atoms. The summed E-state index contributed by atoms with van der Waals surface area (Å²) in [5.41, 5.74) is 0.974. The quantitative estimate of drug-likeness (QED) is 0.830. The van der Waals surface area contributed by atoms with Crippen LogP contribution in [0.2, 0.25) is 0 Å². The third-order valence-corrected chi connectivity index (χ3v) is 5.42. The second-order valence-electron chi connectivity index (χ2n) is 6.24. The highest BCUT2D eigenvalue weighted by atomic mass is 32.1. The highest BCUT2D eigenvalue weighted by Crippen LogP contribution is 2.21. The van der Waals surface area contributed by atoms with Crippen LogP contribution in [-0.4, -0.2) is 38.7 Å². The molecule has 0 saturated heterocycles. The maximum absolute atomic E-state index is 12.0. The lowest BCUT2D eigenvalue weighted by molar-refractivity contribution is -0.115. The fourth-order valence-corrected chi connectivity index (χ4v) is 3.79. The number of nitrogens with zero attached hydrogens (tertiary/aromatic N) is 4. The summed E-state index contributed by atoms with van der Waals surface area (Å²) in [6.07, 6.45) is 2.95. The Kier molecular flexibility index (Phi) is 5.25. The van der Waals surface area contributed by atoms with Gasteiger partial charge in [0.15, 0.2) is 5.13 Å². The molecule has 2 N–H and O–H groups in total. The van der Waals surface area contributed by atoms with Crippen LogP contribution in [0.3, 0.4) is 0 Å². The van der Waals surface area contributed by atoms with Crippen molar-refractivity contribution in [3.8, 4) is 0 Å². The van der Waals surface area contributed by atoms with Gasteiger partial charge in [0.25, 0.3) is 0 Å². The largest absolute Gasteiger partial charge is 0.315 e. The molecule has 1 aliphatic heterocycles. The van der Waals surface area contributed by atoms with E-state index in [0.29, 0.717) is 17.6 Å². The number of thiazole rings is 1. The summed E-state index contributed by atoms with van der Waals surface area (Å²) < 4.78 is 2.23. The summed E-state index contributed by atoms with van der Waals surface area (Å²) in [5, 5.41) is 15.3. The number of hydrogen-bond donors (Lipinski definition) is 2. The van der Waals surface area contributed by atoms with Crippen LogP contribution in [0.4, 0.5) is 5.13 Å². The van der Waals surface area contributed by atoms with Gasteiger partial charge in [-0.1, -0.05) is 6.92 Å². The van der Waals surface area contributed by atoms with Crippen LogP contribution in [0, 0.1) is 19.8 Å². The Morgan fingerprint density at radius 1 is 1.38 bits per heavy atom. The number of fused-ring (bicyclic) bond motifs is 1. The van der Waals surface area contributed by atoms with E-state index in [9.17, 15) is 4.79 Å². The molecule has 7 nitrogen and oxygen atoms in total. The molecule has 0 spiro atoms. The first-order valence-corrected chi connectivity index (χ1v) is 9.24. The molecule has 0 unspecified atom stereocenters. The van der Waals surface area contributed by atoms with Gasteiger partial charge in [0.2, 0.25) is 5.91 Å². The number of carbonyl (C=O) groups excluding carboxylic acids is 1. The van der Waals surface area contributed by atoms with E-state index in [1.165, 1.54) is 11.3 Å². The smallest absolute Gasteiger partial charge is 0.240 e. The third-order valence-electron chi connectivity index (χ3n) is 4.43. The van der Waals surface area contributed by atoms with E-state index in [1.807, 2.05) is 13.8 Å². The molecule has 8 heteroatoms. The van der Waals surface area contributed by atoms with E-state index in [4.69, 9.17) is 0 Å². The van der Waals surface area contributed by atoms with Crippen molar-refractivity contribution in [2.24, 2.45) is 5.92 Å². The minimum absolute atomic E-state index is 0.0428. The fourth-order valence-electron chi connectivity index (χ4n) is 2.96. The maximum Gasteiger partial charge on any atom is 0.240 e. The van der Waals surface area contributed by atoms with E-state index in [-0.39, 0.29) is 5.91 Å². The molecule has 0 fully saturated rings. The van der Waals surface area contributed by atoms with Gasteiger partial charge in [0.05, 0.1) is 12.2 Å². The van der Waals surface area contributed by atoms with Gasteiger partial charge in [0.1, 0.15) is 11.6 Å². The highest BCUT2D eigenvalue weighted by molar-refractivity contribution is 7.15. The van der Waals surface area contributed by atoms with E-state index in [2.05, 4.69) is 37.3 Å². The lowest BCUT2D eigenvalue weighted by atomic mass is 9.99. The molecule has 1 aliphatic rings. The Bertz CT molecular complexity index is 689. The molecular formula is C16H24N6OS. The highest BCUT2D eigenvalue weighted by Gasteiger charge is 2.22. The van der Waals surface area contributed by atoms with Crippen LogP contribution < -0.4 is 10.6 Å². The zero-order valence-corrected chi connectivity index (χ0v) is 15.2. The second kappa shape index (κ2) is 7.40. The fraction of sp³-hybridized carbons (Fsp3) is 0.625. The zero-order chi connectivity index (χ0) is 17.1. The van der Waals surface area contributed by atoms with Crippen molar-refractivity contribution in [3.63, 3.8) is 0 Å². The van der Waals surface area contributed by atoms with Crippen LogP contribution in [-0.2, 0) is 24.2 Å². The summed E-state index contributed by atoms with van der Waals surface area (Å²) in [6.45, 7) is 8.13. The molecular weight excluding hydrogens is 324 g/mol. The zero-order valence-electron chi connectivity index (χ0n) is 14.4. The van der Waals surface area contributed by atoms with Crippen molar-refractivity contribution in [1.29, 1.82) is 0 Å². The summed E-state index contributed by atoms with van der Waals surface area (Å²) in [7, 11) is 0. The molecule has 1 amide bonds. The molecule has 2 aromatic heterocycles. The lowest BCUT2D eigenvalue weighted by Gasteiger charge is -2.24. The standard InChI is InChI=1S/C16H24N6OS/c1-4-13-20-21-14-6-5-12(9-22(13)14)7-17-8-15(23)19-16-18-10(2)11(3)24-16/h12,17H,4-9H2,1-3H3,(H,18,19,23)/t12-/m0/s1. The molecule has 0 saturated carbocycles. The van der Waals surface area contributed by atoms with Gasteiger partial charge >= 0.3 is 0 Å². The van der Waals surface area contributed by atoms with Gasteiger partial charge in [0, 0.05) is 30.8 Å². The Morgan fingerprint density at radius 2 is 2.21 bits per heavy atom. The summed E-state index contributed by atoms with van der Waals surface area (Å²) in [4.78, 5) is 17.5. The molecule has 3 rings (SSSR count). The monoisotopic (exact) mass is 348 g/mol. The van der Waals surface area contributed by atoms with Crippen molar-refractivity contribution in [2.75, 3.05) is 18.4 Å². The SMILES string of the molecule is CCc1nnc2n1C[C@H](CNCC(=O)Nc1nc(C)c(C)s1)CC2. The van der Waals surface area contributed by atoms with Gasteiger partial charge in [-0.05, 0) is 26.2 Å². The van der Waals surface area contributed by atoms with Gasteiger partial charge in [-0.25, -0.2) is 4.98 Å². The number of carbonyl (C=O) groups is 1. The Balaban J connectivity index is 1.44. The van der Waals surface area contributed by atoms with Crippen LogP contribution in [0.5, 0.6) is 0 Å². The first-order valence-electron chi connectivity index (χ1n) is 8.42. The lowest BCUT2D eigenvalue weighted by Crippen LogP contribution is -2.35. The van der Waals surface area contributed by atoms with Crippen LogP contribution in [0.15, 0.2) is 0 Å². The molecule has 0 bridgehead atoms. The predicted octanol–water partition coefficient (Wildman–Crippen LogP) is 1.70. The number of anilines is 1. The van der Waals surface area contributed by atoms with E-state index in [1.54, 1.807) is 0 Å². The van der Waals surface area contributed by atoms with E-state index >= 15 is 0 Å². The number of amides is 1. The molecule has 0 radical (unpaired) electrons. The van der Waals surface area contributed by atoms with Crippen molar-refractivity contribution in [3.05, 3.63) is 22.2 Å². The predicted molar refractivity (Wildman–Crippen MR) is 94.3 cm³/mol. The van der Waals surface area contributed by atoms with Crippen molar-refractivity contribution in [2.45, 2.75) is 46.6 Å². The Morgan fingerprint density at radius 3 is 2.92 bits per heavy atom. The van der Waals surface area contributed by atoms with Crippen molar-refractivity contribution >= 4 is 22.4 Å². The van der Waals surface area contributed by atoms with Crippen molar-refractivity contribution < 1.29 is 4.79 Å². The number of rotatable bonds is 6. The maximum atomic E-state index is 12.0. The van der Waals surface area contributed by atoms with Gasteiger partial charge < -0.3 is 15.2 Å². The number of aryl methyl sites for hydroxylation is 4. The van der Waals surface area contributed by atoms with Crippen LogP contribution >= 0.6 is 11.3 Å². The number of nitrogens with one attached hydrogen (secondary N) is 2. The van der Waals surface area contributed by atoms with Crippen molar-refractivity contribution in [1.82, 2.24) is 25.1 Å². The molecule has 130 valence electrons. The average molecular weight is 348 g/mol. The number of aromatic nitrogens is 4. The normalized spacial score (nSPS) is 16.9. The third kappa shape index (κ3) is 3.81. The van der Waals surface area contributed by atoms with Gasteiger partial charge in [-0.3, -0.25) is 4.79 Å². The Hall–Kier alpha value is -1.80. The molecule has 2 aromatic rings. The molecule has 1 atom stereocenters. The Labute approximate surface area is 145 Å². The molecule has 0 aromatic carbocycles. The summed E-state index contributed by atoms with van der Waals surface area (Å²) in [6, 6.07) is 0. The van der Waals surface area contributed by atoms with Gasteiger partial charge in [-0.15, -0.1) is 21.5 Å². The number of hydrogen-bond acceptors (Lipinski definition) is 6. The molecule has 3 heterocycles. The summed E-state index contributed by atoms with van der Waals surface area (Å²) in [5.74, 6) is 2.62. The minimum atomic E-state index is -0.0428. The summed E-state index contributed by atoms with van der Waals surface area (Å²) >= 11 is 1.51. The molecule has 0 aliphatic carbocycles. The van der Waals surface area contributed by atoms with E-state index in [0.717, 1.165) is 54.6 Å². The minimum Gasteiger partial charge on any atom is -0.315 e. The average Bonchev–Trinajstić information content (AvgIpc) is 3.10. The second-order valence-corrected chi connectivity index (χ2v) is 7.44. The topological polar surface area (TPSA) is 84.7 Å². The van der Waals surface area contributed by atoms with Crippen LogP contribution in [0.25, 0.3) is 0 Å². The first kappa shape index (κ1) is 17.0. The van der Waals surface area contributed by atoms with Crippen LogP contribution in [0.1, 0.15) is 35.6 Å². The first-order chi connectivity index (χ1) is 11.6. The van der Waals surface area contributed by atoms with E-state index < -0.39 is 0 Å².